The number of methoxy groups -OCH3 is 1. The SMILES string of the molecule is COCC(Br)Cc1cc(C)ccn1. The molecule has 1 aromatic heterocycles. The molecule has 0 aliphatic heterocycles. The minimum Gasteiger partial charge on any atom is -0.384 e. The van der Waals surface area contributed by atoms with Gasteiger partial charge in [0.1, 0.15) is 0 Å². The van der Waals surface area contributed by atoms with Gasteiger partial charge in [0.2, 0.25) is 0 Å². The van der Waals surface area contributed by atoms with Gasteiger partial charge in [0, 0.05) is 30.2 Å². The fourth-order valence-corrected chi connectivity index (χ4v) is 1.77. The third-order valence-corrected chi connectivity index (χ3v) is 2.34. The average Bonchev–Trinajstić information content (AvgIpc) is 2.04. The van der Waals surface area contributed by atoms with Crippen LogP contribution in [-0.2, 0) is 11.2 Å². The van der Waals surface area contributed by atoms with Crippen molar-refractivity contribution < 1.29 is 4.74 Å². The second-order valence-corrected chi connectivity index (χ2v) is 4.38. The van der Waals surface area contributed by atoms with Gasteiger partial charge in [-0.1, -0.05) is 15.9 Å². The van der Waals surface area contributed by atoms with Gasteiger partial charge >= 0.3 is 0 Å². The van der Waals surface area contributed by atoms with Crippen LogP contribution in [0, 0.1) is 6.92 Å². The van der Waals surface area contributed by atoms with E-state index in [1.54, 1.807) is 7.11 Å². The highest BCUT2D eigenvalue weighted by Gasteiger charge is 2.05. The van der Waals surface area contributed by atoms with Gasteiger partial charge in [-0.15, -0.1) is 0 Å². The number of hydrogen-bond acceptors (Lipinski definition) is 2. The van der Waals surface area contributed by atoms with Gasteiger partial charge in [0.25, 0.3) is 0 Å². The quantitative estimate of drug-likeness (QED) is 0.758. The zero-order chi connectivity index (χ0) is 9.68. The maximum Gasteiger partial charge on any atom is 0.0591 e. The Labute approximate surface area is 87.5 Å². The van der Waals surface area contributed by atoms with E-state index in [0.29, 0.717) is 4.83 Å². The van der Waals surface area contributed by atoms with Gasteiger partial charge in [-0.25, -0.2) is 0 Å². The molecule has 1 unspecified atom stereocenters. The zero-order valence-corrected chi connectivity index (χ0v) is 9.54. The summed E-state index contributed by atoms with van der Waals surface area (Å²) >= 11 is 3.53. The molecule has 0 bridgehead atoms. The molecule has 13 heavy (non-hydrogen) atoms. The molecule has 0 amide bonds. The standard InChI is InChI=1S/C10H14BrNO/c1-8-3-4-12-10(5-8)6-9(11)7-13-2/h3-5,9H,6-7H2,1-2H3. The molecule has 3 heteroatoms. The van der Waals surface area contributed by atoms with Gasteiger partial charge in [0.05, 0.1) is 6.61 Å². The second-order valence-electron chi connectivity index (χ2n) is 3.08. The number of nitrogens with zero attached hydrogens (tertiary/aromatic N) is 1. The van der Waals surface area contributed by atoms with Crippen LogP contribution in [0.25, 0.3) is 0 Å². The van der Waals surface area contributed by atoms with Crippen LogP contribution in [0.15, 0.2) is 18.3 Å². The molecule has 0 aromatic carbocycles. The topological polar surface area (TPSA) is 22.1 Å². The van der Waals surface area contributed by atoms with E-state index in [0.717, 1.165) is 18.7 Å². The third kappa shape index (κ3) is 3.87. The molecule has 0 aliphatic carbocycles. The van der Waals surface area contributed by atoms with Crippen molar-refractivity contribution >= 4 is 15.9 Å². The summed E-state index contributed by atoms with van der Waals surface area (Å²) in [6, 6.07) is 4.10. The predicted octanol–water partition coefficient (Wildman–Crippen LogP) is 2.34. The van der Waals surface area contributed by atoms with Crippen LogP contribution in [0.3, 0.4) is 0 Å². The highest BCUT2D eigenvalue weighted by atomic mass is 79.9. The Morgan fingerprint density at radius 2 is 2.38 bits per heavy atom. The maximum absolute atomic E-state index is 5.03. The van der Waals surface area contributed by atoms with E-state index in [1.165, 1.54) is 5.56 Å². The molecule has 0 fully saturated rings. The van der Waals surface area contributed by atoms with Crippen molar-refractivity contribution in [2.45, 2.75) is 18.2 Å². The summed E-state index contributed by atoms with van der Waals surface area (Å²) < 4.78 is 5.03. The Bertz CT molecular complexity index is 265. The lowest BCUT2D eigenvalue weighted by molar-refractivity contribution is 0.200. The van der Waals surface area contributed by atoms with Crippen molar-refractivity contribution in [1.82, 2.24) is 4.98 Å². The Morgan fingerprint density at radius 1 is 1.62 bits per heavy atom. The van der Waals surface area contributed by atoms with Crippen LogP contribution in [0.5, 0.6) is 0 Å². The van der Waals surface area contributed by atoms with E-state index < -0.39 is 0 Å². The molecule has 0 saturated carbocycles. The Kier molecular flexibility index (Phi) is 4.39. The number of ether oxygens (including phenoxy) is 1. The first-order chi connectivity index (χ1) is 6.22. The van der Waals surface area contributed by atoms with E-state index in [9.17, 15) is 0 Å². The summed E-state index contributed by atoms with van der Waals surface area (Å²) in [7, 11) is 1.71. The van der Waals surface area contributed by atoms with E-state index in [2.05, 4.69) is 33.9 Å². The predicted molar refractivity (Wildman–Crippen MR) is 57.3 cm³/mol. The van der Waals surface area contributed by atoms with E-state index >= 15 is 0 Å². The smallest absolute Gasteiger partial charge is 0.0591 e. The average molecular weight is 244 g/mol. The van der Waals surface area contributed by atoms with Crippen molar-refractivity contribution in [2.75, 3.05) is 13.7 Å². The lowest BCUT2D eigenvalue weighted by atomic mass is 10.2. The van der Waals surface area contributed by atoms with E-state index in [4.69, 9.17) is 4.74 Å². The number of pyridine rings is 1. The molecule has 1 atom stereocenters. The molecule has 1 rings (SSSR count). The summed E-state index contributed by atoms with van der Waals surface area (Å²) in [5.41, 5.74) is 2.36. The highest BCUT2D eigenvalue weighted by Crippen LogP contribution is 2.09. The van der Waals surface area contributed by atoms with Crippen LogP contribution in [0.1, 0.15) is 11.3 Å². The van der Waals surface area contributed by atoms with Crippen LogP contribution in [0.2, 0.25) is 0 Å². The Balaban J connectivity index is 2.53. The normalized spacial score (nSPS) is 12.8. The first-order valence-electron chi connectivity index (χ1n) is 4.27. The summed E-state index contributed by atoms with van der Waals surface area (Å²) in [5.74, 6) is 0. The number of aryl methyl sites for hydroxylation is 1. The minimum atomic E-state index is 0.354. The monoisotopic (exact) mass is 243 g/mol. The van der Waals surface area contributed by atoms with Gasteiger partial charge in [-0.2, -0.15) is 0 Å². The molecule has 0 aliphatic rings. The van der Waals surface area contributed by atoms with Crippen molar-refractivity contribution in [1.29, 1.82) is 0 Å². The number of hydrogen-bond donors (Lipinski definition) is 0. The van der Waals surface area contributed by atoms with Gasteiger partial charge in [0.15, 0.2) is 0 Å². The van der Waals surface area contributed by atoms with Crippen molar-refractivity contribution in [2.24, 2.45) is 0 Å². The molecule has 1 aromatic rings. The van der Waals surface area contributed by atoms with Crippen LogP contribution in [-0.4, -0.2) is 23.5 Å². The van der Waals surface area contributed by atoms with Crippen LogP contribution in [0.4, 0.5) is 0 Å². The number of halogens is 1. The molecular formula is C10H14BrNO. The number of alkyl halides is 1. The Hall–Kier alpha value is -0.410. The van der Waals surface area contributed by atoms with Gasteiger partial charge < -0.3 is 4.74 Å². The van der Waals surface area contributed by atoms with Crippen LogP contribution < -0.4 is 0 Å². The molecular weight excluding hydrogens is 230 g/mol. The Morgan fingerprint density at radius 3 is 3.00 bits per heavy atom. The summed E-state index contributed by atoms with van der Waals surface area (Å²) in [5, 5.41) is 0. The molecule has 72 valence electrons. The van der Waals surface area contributed by atoms with Crippen LogP contribution >= 0.6 is 15.9 Å². The van der Waals surface area contributed by atoms with Crippen molar-refractivity contribution in [3.05, 3.63) is 29.6 Å². The van der Waals surface area contributed by atoms with Crippen molar-refractivity contribution in [3.8, 4) is 0 Å². The number of rotatable bonds is 4. The fourth-order valence-electron chi connectivity index (χ4n) is 1.18. The van der Waals surface area contributed by atoms with Gasteiger partial charge in [-0.3, -0.25) is 4.98 Å². The molecule has 1 heterocycles. The fraction of sp³-hybridized carbons (Fsp3) is 0.500. The lowest BCUT2D eigenvalue weighted by Crippen LogP contribution is -2.10. The number of aromatic nitrogens is 1. The lowest BCUT2D eigenvalue weighted by Gasteiger charge is -2.07. The van der Waals surface area contributed by atoms with E-state index in [1.807, 2.05) is 12.3 Å². The highest BCUT2D eigenvalue weighted by molar-refractivity contribution is 9.09. The summed E-state index contributed by atoms with van der Waals surface area (Å²) in [6.07, 6.45) is 2.76. The summed E-state index contributed by atoms with van der Waals surface area (Å²) in [6.45, 7) is 2.79. The molecule has 0 spiro atoms. The maximum atomic E-state index is 5.03. The first-order valence-corrected chi connectivity index (χ1v) is 5.18. The molecule has 0 N–H and O–H groups in total. The largest absolute Gasteiger partial charge is 0.384 e. The minimum absolute atomic E-state index is 0.354. The van der Waals surface area contributed by atoms with E-state index in [-0.39, 0.29) is 0 Å². The zero-order valence-electron chi connectivity index (χ0n) is 7.96. The molecule has 0 radical (unpaired) electrons. The summed E-state index contributed by atoms with van der Waals surface area (Å²) in [4.78, 5) is 4.63. The second kappa shape index (κ2) is 5.35. The first kappa shape index (κ1) is 10.7. The van der Waals surface area contributed by atoms with Gasteiger partial charge in [-0.05, 0) is 24.6 Å². The molecule has 0 saturated heterocycles. The third-order valence-electron chi connectivity index (χ3n) is 1.75. The van der Waals surface area contributed by atoms with Crippen molar-refractivity contribution in [3.63, 3.8) is 0 Å². The molecule has 2 nitrogen and oxygen atoms in total.